The van der Waals surface area contributed by atoms with Gasteiger partial charge in [-0.15, -0.1) is 0 Å². The fraction of sp³-hybridized carbons (Fsp3) is 0.556. The molecule has 1 fully saturated rings. The molecule has 0 heterocycles. The Hall–Kier alpha value is -2.24. The number of nitrogens with one attached hydrogen (secondary N) is 1. The fourth-order valence-corrected chi connectivity index (χ4v) is 2.98. The topological polar surface area (TPSA) is 84.9 Å². The molecule has 132 valence electrons. The van der Waals surface area contributed by atoms with Crippen molar-refractivity contribution in [1.29, 1.82) is 0 Å². The third-order valence-corrected chi connectivity index (χ3v) is 4.34. The van der Waals surface area contributed by atoms with Crippen LogP contribution in [0.25, 0.3) is 0 Å². The number of carboxylic acid groups (broad SMARTS) is 1. The Morgan fingerprint density at radius 2 is 1.92 bits per heavy atom. The zero-order chi connectivity index (χ0) is 17.6. The van der Waals surface area contributed by atoms with Gasteiger partial charge >= 0.3 is 5.97 Å². The van der Waals surface area contributed by atoms with Gasteiger partial charge in [0.05, 0.1) is 6.61 Å². The molecule has 1 amide bonds. The van der Waals surface area contributed by atoms with Crippen molar-refractivity contribution in [3.63, 3.8) is 0 Å². The van der Waals surface area contributed by atoms with Crippen LogP contribution in [0.3, 0.4) is 0 Å². The van der Waals surface area contributed by atoms with Crippen LogP contribution in [0.1, 0.15) is 49.9 Å². The molecule has 2 N–H and O–H groups in total. The normalized spacial score (nSPS) is 15.8. The molecule has 1 aliphatic carbocycles. The summed E-state index contributed by atoms with van der Waals surface area (Å²) in [5, 5.41) is 11.7. The average molecular weight is 335 g/mol. The third-order valence-electron chi connectivity index (χ3n) is 4.34. The molecule has 1 aliphatic rings. The Morgan fingerprint density at radius 3 is 2.54 bits per heavy atom. The number of carbonyl (C=O) groups is 2. The van der Waals surface area contributed by atoms with Crippen molar-refractivity contribution in [2.24, 2.45) is 5.41 Å². The maximum atomic E-state index is 12.4. The minimum atomic E-state index is -1.07. The Morgan fingerprint density at radius 1 is 1.21 bits per heavy atom. The van der Waals surface area contributed by atoms with E-state index in [9.17, 15) is 9.59 Å². The summed E-state index contributed by atoms with van der Waals surface area (Å²) in [6.07, 6.45) is 4.71. The molecule has 0 saturated heterocycles. The number of benzene rings is 1. The molecule has 0 spiro atoms. The van der Waals surface area contributed by atoms with E-state index in [0.717, 1.165) is 12.8 Å². The number of aliphatic carboxylic acids is 1. The van der Waals surface area contributed by atoms with E-state index in [2.05, 4.69) is 12.2 Å². The van der Waals surface area contributed by atoms with Gasteiger partial charge in [0, 0.05) is 12.1 Å². The summed E-state index contributed by atoms with van der Waals surface area (Å²) in [7, 11) is 0. The summed E-state index contributed by atoms with van der Waals surface area (Å²) >= 11 is 0. The molecule has 24 heavy (non-hydrogen) atoms. The van der Waals surface area contributed by atoms with E-state index in [-0.39, 0.29) is 11.3 Å². The fourth-order valence-electron chi connectivity index (χ4n) is 2.98. The van der Waals surface area contributed by atoms with Gasteiger partial charge < -0.3 is 19.9 Å². The summed E-state index contributed by atoms with van der Waals surface area (Å²) in [6.45, 7) is 4.62. The summed E-state index contributed by atoms with van der Waals surface area (Å²) in [5.74, 6) is -0.532. The molecule has 1 saturated carbocycles. The van der Waals surface area contributed by atoms with Crippen LogP contribution in [-0.4, -0.2) is 36.7 Å². The van der Waals surface area contributed by atoms with Crippen LogP contribution < -0.4 is 14.8 Å². The molecule has 0 radical (unpaired) electrons. The molecule has 2 rings (SSSR count). The standard InChI is InChI=1S/C18H25NO5/c1-3-23-15-10-13(6-7-14(15)24-11-16(20)21)17(22)19-12-18(2)8-4-5-9-18/h6-7,10H,3-5,8-9,11-12H2,1-2H3,(H,19,22)(H,20,21). The van der Waals surface area contributed by atoms with Crippen LogP contribution in [0.15, 0.2) is 18.2 Å². The molecule has 0 aliphatic heterocycles. The van der Waals surface area contributed by atoms with Crippen molar-refractivity contribution in [1.82, 2.24) is 5.32 Å². The Labute approximate surface area is 142 Å². The van der Waals surface area contributed by atoms with Crippen molar-refractivity contribution >= 4 is 11.9 Å². The van der Waals surface area contributed by atoms with Crippen LogP contribution >= 0.6 is 0 Å². The Kier molecular flexibility index (Phi) is 6.06. The number of hydrogen-bond acceptors (Lipinski definition) is 4. The molecule has 1 aromatic rings. The number of carbonyl (C=O) groups excluding carboxylic acids is 1. The van der Waals surface area contributed by atoms with E-state index in [1.54, 1.807) is 18.2 Å². The van der Waals surface area contributed by atoms with Crippen LogP contribution in [0.2, 0.25) is 0 Å². The highest BCUT2D eigenvalue weighted by atomic mass is 16.5. The van der Waals surface area contributed by atoms with E-state index < -0.39 is 12.6 Å². The SMILES string of the molecule is CCOc1cc(C(=O)NCC2(C)CCCC2)ccc1OCC(=O)O. The van der Waals surface area contributed by atoms with Crippen molar-refractivity contribution < 1.29 is 24.2 Å². The second-order valence-electron chi connectivity index (χ2n) is 6.48. The monoisotopic (exact) mass is 335 g/mol. The molecule has 0 bridgehead atoms. The second-order valence-corrected chi connectivity index (χ2v) is 6.48. The van der Waals surface area contributed by atoms with Crippen LogP contribution in [0.4, 0.5) is 0 Å². The Bertz CT molecular complexity index is 593. The summed E-state index contributed by atoms with van der Waals surface area (Å²) in [5.41, 5.74) is 0.658. The van der Waals surface area contributed by atoms with Gasteiger partial charge in [-0.3, -0.25) is 4.79 Å². The van der Waals surface area contributed by atoms with E-state index >= 15 is 0 Å². The number of hydrogen-bond donors (Lipinski definition) is 2. The van der Waals surface area contributed by atoms with Crippen molar-refractivity contribution in [3.8, 4) is 11.5 Å². The molecule has 6 nitrogen and oxygen atoms in total. The molecule has 0 atom stereocenters. The lowest BCUT2D eigenvalue weighted by atomic mass is 9.89. The Balaban J connectivity index is 2.04. The maximum Gasteiger partial charge on any atom is 0.341 e. The molecule has 6 heteroatoms. The molecular formula is C18H25NO5. The number of ether oxygens (including phenoxy) is 2. The predicted octanol–water partition coefficient (Wildman–Crippen LogP) is 2.86. The maximum absolute atomic E-state index is 12.4. The molecule has 0 unspecified atom stereocenters. The number of carboxylic acids is 1. The van der Waals surface area contributed by atoms with Crippen LogP contribution in [0.5, 0.6) is 11.5 Å². The van der Waals surface area contributed by atoms with Crippen molar-refractivity contribution in [2.75, 3.05) is 19.8 Å². The summed E-state index contributed by atoms with van der Waals surface area (Å²) < 4.78 is 10.6. The smallest absolute Gasteiger partial charge is 0.341 e. The van der Waals surface area contributed by atoms with Gasteiger partial charge in [-0.1, -0.05) is 19.8 Å². The minimum absolute atomic E-state index is 0.158. The summed E-state index contributed by atoms with van der Waals surface area (Å²) in [4.78, 5) is 23.0. The quantitative estimate of drug-likeness (QED) is 0.763. The highest BCUT2D eigenvalue weighted by Gasteiger charge is 2.29. The van der Waals surface area contributed by atoms with Gasteiger partial charge in [0.1, 0.15) is 0 Å². The van der Waals surface area contributed by atoms with E-state index in [1.165, 1.54) is 12.8 Å². The molecule has 0 aromatic heterocycles. The predicted molar refractivity (Wildman–Crippen MR) is 89.7 cm³/mol. The van der Waals surface area contributed by atoms with Crippen LogP contribution in [0, 0.1) is 5.41 Å². The molecule has 1 aromatic carbocycles. The van der Waals surface area contributed by atoms with Gasteiger partial charge in [0.2, 0.25) is 0 Å². The van der Waals surface area contributed by atoms with Crippen molar-refractivity contribution in [2.45, 2.75) is 39.5 Å². The highest BCUT2D eigenvalue weighted by Crippen LogP contribution is 2.36. The first-order valence-electron chi connectivity index (χ1n) is 8.33. The first-order chi connectivity index (χ1) is 11.4. The number of amides is 1. The van der Waals surface area contributed by atoms with Crippen molar-refractivity contribution in [3.05, 3.63) is 23.8 Å². The third kappa shape index (κ3) is 4.88. The van der Waals surface area contributed by atoms with E-state index in [1.807, 2.05) is 6.92 Å². The first kappa shape index (κ1) is 18.1. The lowest BCUT2D eigenvalue weighted by molar-refractivity contribution is -0.139. The largest absolute Gasteiger partial charge is 0.490 e. The average Bonchev–Trinajstić information content (AvgIpc) is 2.98. The number of rotatable bonds is 8. The highest BCUT2D eigenvalue weighted by molar-refractivity contribution is 5.94. The molecular weight excluding hydrogens is 310 g/mol. The van der Waals surface area contributed by atoms with Gasteiger partial charge in [0.15, 0.2) is 18.1 Å². The van der Waals surface area contributed by atoms with E-state index in [0.29, 0.717) is 30.2 Å². The van der Waals surface area contributed by atoms with Gasteiger partial charge in [0.25, 0.3) is 5.91 Å². The minimum Gasteiger partial charge on any atom is -0.490 e. The second kappa shape index (κ2) is 8.04. The zero-order valence-corrected chi connectivity index (χ0v) is 14.3. The van der Waals surface area contributed by atoms with Gasteiger partial charge in [-0.2, -0.15) is 0 Å². The lowest BCUT2D eigenvalue weighted by Gasteiger charge is -2.23. The van der Waals surface area contributed by atoms with Gasteiger partial charge in [-0.05, 0) is 43.4 Å². The van der Waals surface area contributed by atoms with Gasteiger partial charge in [-0.25, -0.2) is 4.79 Å². The summed E-state index contributed by atoms with van der Waals surface area (Å²) in [6, 6.07) is 4.78. The van der Waals surface area contributed by atoms with E-state index in [4.69, 9.17) is 14.6 Å². The van der Waals surface area contributed by atoms with Crippen LogP contribution in [-0.2, 0) is 4.79 Å². The lowest BCUT2D eigenvalue weighted by Crippen LogP contribution is -2.34. The first-order valence-corrected chi connectivity index (χ1v) is 8.33. The zero-order valence-electron chi connectivity index (χ0n) is 14.3.